The van der Waals surface area contributed by atoms with E-state index in [1.807, 2.05) is 12.1 Å². The van der Waals surface area contributed by atoms with Crippen LogP contribution in [0.15, 0.2) is 61.1 Å². The molecule has 0 unspecified atom stereocenters. The molecule has 0 amide bonds. The van der Waals surface area contributed by atoms with E-state index in [4.69, 9.17) is 10.5 Å². The molecule has 1 aliphatic rings. The third kappa shape index (κ3) is 4.88. The van der Waals surface area contributed by atoms with Gasteiger partial charge >= 0.3 is 0 Å². The van der Waals surface area contributed by atoms with E-state index >= 15 is 0 Å². The number of nitrogens with zero attached hydrogens (tertiary/aromatic N) is 4. The number of rotatable bonds is 5. The number of nitrogens with one attached hydrogen (secondary N) is 1. The maximum absolute atomic E-state index is 14.2. The highest BCUT2D eigenvalue weighted by Gasteiger charge is 2.31. The van der Waals surface area contributed by atoms with E-state index in [-0.39, 0.29) is 17.5 Å². The molecule has 1 fully saturated rings. The molecule has 7 nitrogen and oxygen atoms in total. The molecule has 4 aromatic rings. The van der Waals surface area contributed by atoms with E-state index in [1.54, 1.807) is 36.5 Å². The highest BCUT2D eigenvalue weighted by Crippen LogP contribution is 2.34. The van der Waals surface area contributed by atoms with E-state index < -0.39 is 0 Å². The van der Waals surface area contributed by atoms with E-state index in [9.17, 15) is 4.39 Å². The molecule has 2 aromatic heterocycles. The minimum absolute atomic E-state index is 0.0852. The second kappa shape index (κ2) is 9.11. The van der Waals surface area contributed by atoms with E-state index in [0.717, 1.165) is 36.1 Å². The molecule has 2 aromatic carbocycles. The lowest BCUT2D eigenvalue weighted by atomic mass is 10.1. The molecule has 1 aliphatic heterocycles. The molecule has 3 N–H and O–H groups in total. The summed E-state index contributed by atoms with van der Waals surface area (Å²) in [5.41, 5.74) is 9.45. The van der Waals surface area contributed by atoms with E-state index in [1.165, 1.54) is 12.4 Å². The zero-order chi connectivity index (χ0) is 24.6. The first-order chi connectivity index (χ1) is 16.8. The Balaban J connectivity index is 1.39. The van der Waals surface area contributed by atoms with Gasteiger partial charge in [-0.3, -0.25) is 9.88 Å². The predicted octanol–water partition coefficient (Wildman–Crippen LogP) is 5.41. The number of pyridine rings is 1. The minimum Gasteiger partial charge on any atom is -0.487 e. The fourth-order valence-electron chi connectivity index (χ4n) is 4.38. The van der Waals surface area contributed by atoms with Crippen LogP contribution in [0.3, 0.4) is 0 Å². The van der Waals surface area contributed by atoms with Crippen LogP contribution in [0, 0.1) is 5.82 Å². The normalized spacial score (nSPS) is 16.5. The van der Waals surface area contributed by atoms with Gasteiger partial charge in [0.15, 0.2) is 0 Å². The Hall–Kier alpha value is -3.78. The molecule has 3 heterocycles. The van der Waals surface area contributed by atoms with Crippen molar-refractivity contribution in [1.29, 1.82) is 0 Å². The Labute approximate surface area is 204 Å². The molecule has 1 saturated heterocycles. The lowest BCUT2D eigenvalue weighted by Gasteiger charge is -2.31. The van der Waals surface area contributed by atoms with Crippen LogP contribution < -0.4 is 15.8 Å². The molecule has 5 rings (SSSR count). The number of anilines is 3. The first-order valence-electron chi connectivity index (χ1n) is 11.7. The Morgan fingerprint density at radius 2 is 1.91 bits per heavy atom. The monoisotopic (exact) mass is 472 g/mol. The molecule has 0 spiro atoms. The van der Waals surface area contributed by atoms with Crippen LogP contribution in [-0.2, 0) is 0 Å². The zero-order valence-corrected chi connectivity index (χ0v) is 20.1. The van der Waals surface area contributed by atoms with Crippen molar-refractivity contribution >= 4 is 28.1 Å². The smallest absolute Gasteiger partial charge is 0.144 e. The molecule has 35 heavy (non-hydrogen) atoms. The van der Waals surface area contributed by atoms with Gasteiger partial charge in [0.1, 0.15) is 29.8 Å². The standard InChI is InChI=1S/C27H29FN6O/c1-27(2,3)34-11-9-18(15-34)35-25-14-24-20(13-22(25)29)26(32-16-31-24)33-17-8-10-30-23(12-17)19-6-4-5-7-21(19)28/h4-8,10,12-14,16,18H,9,11,15,29H2,1-3H3,(H,30,31,32,33)/t18-/m1/s1. The number of fused-ring (bicyclic) bond motifs is 1. The van der Waals surface area contributed by atoms with E-state index in [2.05, 4.69) is 45.9 Å². The predicted molar refractivity (Wildman–Crippen MR) is 137 cm³/mol. The van der Waals surface area contributed by atoms with Crippen LogP contribution in [0.25, 0.3) is 22.2 Å². The maximum Gasteiger partial charge on any atom is 0.144 e. The number of aromatic nitrogens is 3. The van der Waals surface area contributed by atoms with Crippen LogP contribution in [0.5, 0.6) is 5.75 Å². The number of hydrogen-bond donors (Lipinski definition) is 2. The number of likely N-dealkylation sites (tertiary alicyclic amines) is 1. The summed E-state index contributed by atoms with van der Waals surface area (Å²) in [6, 6.07) is 13.9. The summed E-state index contributed by atoms with van der Waals surface area (Å²) >= 11 is 0. The summed E-state index contributed by atoms with van der Waals surface area (Å²) in [7, 11) is 0. The largest absolute Gasteiger partial charge is 0.487 e. The quantitative estimate of drug-likeness (QED) is 0.376. The van der Waals surface area contributed by atoms with Crippen LogP contribution in [0.1, 0.15) is 27.2 Å². The molecule has 0 saturated carbocycles. The minimum atomic E-state index is -0.321. The fourth-order valence-corrected chi connectivity index (χ4v) is 4.38. The molecule has 180 valence electrons. The summed E-state index contributed by atoms with van der Waals surface area (Å²) in [5.74, 6) is 0.908. The fraction of sp³-hybridized carbons (Fsp3) is 0.296. The van der Waals surface area contributed by atoms with Crippen molar-refractivity contribution in [2.75, 3.05) is 24.1 Å². The zero-order valence-electron chi connectivity index (χ0n) is 20.1. The molecular weight excluding hydrogens is 443 g/mol. The van der Waals surface area contributed by atoms with Crippen molar-refractivity contribution in [3.63, 3.8) is 0 Å². The van der Waals surface area contributed by atoms with E-state index in [0.29, 0.717) is 28.5 Å². The second-order valence-corrected chi connectivity index (χ2v) is 9.81. The molecular formula is C27H29FN6O. The summed E-state index contributed by atoms with van der Waals surface area (Å²) in [6.07, 6.45) is 4.18. The number of nitrogen functional groups attached to an aromatic ring is 1. The molecule has 1 atom stereocenters. The summed E-state index contributed by atoms with van der Waals surface area (Å²) in [5, 5.41) is 4.07. The third-order valence-electron chi connectivity index (χ3n) is 6.33. The van der Waals surface area contributed by atoms with Crippen LogP contribution in [0.2, 0.25) is 0 Å². The van der Waals surface area contributed by atoms with Crippen molar-refractivity contribution in [2.24, 2.45) is 0 Å². The number of nitrogens with two attached hydrogens (primary N) is 1. The maximum atomic E-state index is 14.2. The van der Waals surface area contributed by atoms with Crippen molar-refractivity contribution in [3.8, 4) is 17.0 Å². The Morgan fingerprint density at radius 3 is 2.69 bits per heavy atom. The number of benzene rings is 2. The van der Waals surface area contributed by atoms with Crippen molar-refractivity contribution in [2.45, 2.75) is 38.8 Å². The van der Waals surface area contributed by atoms with Gasteiger partial charge in [0.05, 0.1) is 16.9 Å². The third-order valence-corrected chi connectivity index (χ3v) is 6.33. The summed E-state index contributed by atoms with van der Waals surface area (Å²) < 4.78 is 20.5. The summed E-state index contributed by atoms with van der Waals surface area (Å²) in [6.45, 7) is 8.51. The first-order valence-corrected chi connectivity index (χ1v) is 11.7. The molecule has 0 aliphatic carbocycles. The van der Waals surface area contributed by atoms with Crippen LogP contribution in [0.4, 0.5) is 21.6 Å². The first kappa shape index (κ1) is 23.0. The van der Waals surface area contributed by atoms with Crippen LogP contribution in [-0.4, -0.2) is 44.6 Å². The molecule has 8 heteroatoms. The SMILES string of the molecule is CC(C)(C)N1CC[C@@H](Oc2cc3ncnc(Nc4ccnc(-c5ccccc5F)c4)c3cc2N)C1. The van der Waals surface area contributed by atoms with Crippen LogP contribution >= 0.6 is 0 Å². The molecule has 0 radical (unpaired) electrons. The average molecular weight is 473 g/mol. The Kier molecular flexibility index (Phi) is 5.98. The van der Waals surface area contributed by atoms with Gasteiger partial charge in [0.25, 0.3) is 0 Å². The lowest BCUT2D eigenvalue weighted by Crippen LogP contribution is -2.40. The van der Waals surface area contributed by atoms with Crippen molar-refractivity contribution < 1.29 is 9.13 Å². The number of ether oxygens (including phenoxy) is 1. The highest BCUT2D eigenvalue weighted by atomic mass is 19.1. The highest BCUT2D eigenvalue weighted by molar-refractivity contribution is 5.94. The number of hydrogen-bond acceptors (Lipinski definition) is 7. The van der Waals surface area contributed by atoms with Gasteiger partial charge in [0.2, 0.25) is 0 Å². The van der Waals surface area contributed by atoms with Gasteiger partial charge in [-0.2, -0.15) is 0 Å². The molecule has 0 bridgehead atoms. The van der Waals surface area contributed by atoms with Gasteiger partial charge in [-0.15, -0.1) is 0 Å². The van der Waals surface area contributed by atoms with Gasteiger partial charge < -0.3 is 15.8 Å². The van der Waals surface area contributed by atoms with Crippen molar-refractivity contribution in [1.82, 2.24) is 19.9 Å². The summed E-state index contributed by atoms with van der Waals surface area (Å²) in [4.78, 5) is 15.6. The Morgan fingerprint density at radius 1 is 1.09 bits per heavy atom. The lowest BCUT2D eigenvalue weighted by molar-refractivity contribution is 0.141. The topological polar surface area (TPSA) is 89.2 Å². The van der Waals surface area contributed by atoms with Gasteiger partial charge in [-0.05, 0) is 57.5 Å². The second-order valence-electron chi connectivity index (χ2n) is 9.81. The average Bonchev–Trinajstić information content (AvgIpc) is 3.30. The Bertz CT molecular complexity index is 1370. The van der Waals surface area contributed by atoms with Gasteiger partial charge in [-0.1, -0.05) is 12.1 Å². The number of halogens is 1. The van der Waals surface area contributed by atoms with Crippen molar-refractivity contribution in [3.05, 3.63) is 66.9 Å². The van der Waals surface area contributed by atoms with Gasteiger partial charge in [0, 0.05) is 47.5 Å². The van der Waals surface area contributed by atoms with Gasteiger partial charge in [-0.25, -0.2) is 14.4 Å².